The van der Waals surface area contributed by atoms with Crippen molar-refractivity contribution in [1.29, 1.82) is 0 Å². The van der Waals surface area contributed by atoms with E-state index in [1.54, 1.807) is 24.4 Å². The molecule has 178 valence electrons. The van der Waals surface area contributed by atoms with Crippen LogP contribution in [0.2, 0.25) is 0 Å². The minimum absolute atomic E-state index is 0.0248. The van der Waals surface area contributed by atoms with Gasteiger partial charge in [-0.3, -0.25) is 9.78 Å². The highest BCUT2D eigenvalue weighted by atomic mass is 19.1. The van der Waals surface area contributed by atoms with Crippen molar-refractivity contribution in [3.8, 4) is 16.9 Å². The molecule has 1 aromatic heterocycles. The zero-order chi connectivity index (χ0) is 23.9. The Morgan fingerprint density at radius 1 is 1.06 bits per heavy atom. The molecule has 34 heavy (non-hydrogen) atoms. The Kier molecular flexibility index (Phi) is 7.80. The Bertz CT molecular complexity index is 1120. The average Bonchev–Trinajstić information content (AvgIpc) is 2.86. The predicted molar refractivity (Wildman–Crippen MR) is 123 cm³/mol. The molecule has 0 aliphatic carbocycles. The number of amides is 1. The van der Waals surface area contributed by atoms with Gasteiger partial charge in [-0.15, -0.1) is 0 Å². The molecule has 1 aliphatic rings. The zero-order valence-electron chi connectivity index (χ0n) is 18.6. The molecule has 2 heterocycles. The third-order valence-corrected chi connectivity index (χ3v) is 5.91. The molecule has 0 radical (unpaired) electrons. The molecule has 8 heteroatoms. The summed E-state index contributed by atoms with van der Waals surface area (Å²) >= 11 is 0. The molecule has 2 N–H and O–H groups in total. The number of carbonyl (C=O) groups excluding carboxylic acids is 1. The lowest BCUT2D eigenvalue weighted by atomic mass is 9.94. The van der Waals surface area contributed by atoms with Crippen LogP contribution in [0.4, 0.5) is 13.2 Å². The molecular weight excluding hydrogens is 443 g/mol. The monoisotopic (exact) mass is 469 g/mol. The topological polar surface area (TPSA) is 63.2 Å². The molecule has 1 fully saturated rings. The van der Waals surface area contributed by atoms with Gasteiger partial charge in [-0.05, 0) is 61.8 Å². The summed E-state index contributed by atoms with van der Waals surface area (Å²) in [5, 5.41) is 6.33. The quantitative estimate of drug-likeness (QED) is 0.498. The van der Waals surface area contributed by atoms with E-state index in [1.165, 1.54) is 12.1 Å². The molecule has 2 aromatic carbocycles. The van der Waals surface area contributed by atoms with Crippen LogP contribution >= 0.6 is 0 Å². The molecule has 0 spiro atoms. The van der Waals surface area contributed by atoms with Gasteiger partial charge in [0, 0.05) is 30.2 Å². The van der Waals surface area contributed by atoms with Crippen molar-refractivity contribution in [2.45, 2.75) is 25.3 Å². The summed E-state index contributed by atoms with van der Waals surface area (Å²) in [4.78, 5) is 17.6. The largest absolute Gasteiger partial charge is 0.490 e. The van der Waals surface area contributed by atoms with Crippen LogP contribution in [-0.4, -0.2) is 30.6 Å². The number of hydrogen-bond acceptors (Lipinski definition) is 4. The van der Waals surface area contributed by atoms with Crippen molar-refractivity contribution in [2.75, 3.05) is 19.7 Å². The molecule has 1 amide bonds. The number of rotatable bonds is 8. The zero-order valence-corrected chi connectivity index (χ0v) is 18.6. The molecule has 1 unspecified atom stereocenters. The summed E-state index contributed by atoms with van der Waals surface area (Å²) in [5.74, 6) is -2.02. The lowest BCUT2D eigenvalue weighted by Crippen LogP contribution is -2.40. The maximum absolute atomic E-state index is 14.0. The van der Waals surface area contributed by atoms with E-state index in [1.807, 2.05) is 6.07 Å². The van der Waals surface area contributed by atoms with Gasteiger partial charge < -0.3 is 15.4 Å². The summed E-state index contributed by atoms with van der Waals surface area (Å²) in [6, 6.07) is 12.1. The predicted octanol–water partition coefficient (Wildman–Crippen LogP) is 4.79. The average molecular weight is 470 g/mol. The molecule has 5 nitrogen and oxygen atoms in total. The number of nitrogens with one attached hydrogen (secondary N) is 2. The molecule has 3 aromatic rings. The molecule has 0 saturated carbocycles. The van der Waals surface area contributed by atoms with Gasteiger partial charge in [-0.1, -0.05) is 18.2 Å². The van der Waals surface area contributed by atoms with Crippen LogP contribution in [0.5, 0.6) is 5.75 Å². The van der Waals surface area contributed by atoms with Gasteiger partial charge in [0.15, 0.2) is 11.6 Å². The highest BCUT2D eigenvalue weighted by Crippen LogP contribution is 2.29. The Morgan fingerprint density at radius 3 is 2.56 bits per heavy atom. The van der Waals surface area contributed by atoms with Crippen LogP contribution in [0, 0.1) is 23.4 Å². The van der Waals surface area contributed by atoms with E-state index in [0.717, 1.165) is 55.3 Å². The number of aromatic nitrogens is 1. The van der Waals surface area contributed by atoms with Crippen LogP contribution in [-0.2, 0) is 4.79 Å². The van der Waals surface area contributed by atoms with E-state index in [9.17, 15) is 18.0 Å². The maximum Gasteiger partial charge on any atom is 0.223 e. The van der Waals surface area contributed by atoms with Crippen LogP contribution < -0.4 is 15.4 Å². The minimum atomic E-state index is -0.665. The Labute approximate surface area is 196 Å². The Hall–Kier alpha value is -3.39. The third-order valence-electron chi connectivity index (χ3n) is 5.91. The second-order valence-electron chi connectivity index (χ2n) is 8.24. The van der Waals surface area contributed by atoms with Gasteiger partial charge in [-0.25, -0.2) is 13.2 Å². The number of nitrogens with zero attached hydrogens (tertiary/aromatic N) is 1. The van der Waals surface area contributed by atoms with Crippen molar-refractivity contribution in [2.24, 2.45) is 5.92 Å². The van der Waals surface area contributed by atoms with Gasteiger partial charge in [0.2, 0.25) is 5.91 Å². The van der Waals surface area contributed by atoms with Gasteiger partial charge in [0.25, 0.3) is 0 Å². The van der Waals surface area contributed by atoms with E-state index in [0.29, 0.717) is 5.69 Å². The Balaban J connectivity index is 1.57. The highest BCUT2D eigenvalue weighted by molar-refractivity contribution is 5.79. The fourth-order valence-corrected chi connectivity index (χ4v) is 4.09. The molecule has 4 rings (SSSR count). The molecular formula is C26H26F3N3O2. The number of piperidine rings is 1. The summed E-state index contributed by atoms with van der Waals surface area (Å²) in [7, 11) is 0. The summed E-state index contributed by atoms with van der Waals surface area (Å²) in [6.07, 6.45) is 3.37. The molecule has 1 saturated heterocycles. The summed E-state index contributed by atoms with van der Waals surface area (Å²) in [5.41, 5.74) is 2.09. The molecule has 1 aliphatic heterocycles. The lowest BCUT2D eigenvalue weighted by molar-refractivity contribution is -0.126. The first-order chi connectivity index (χ1) is 16.5. The molecule has 0 bridgehead atoms. The standard InChI is InChI=1S/C26H26F3N3O2/c27-19-5-3-17(4-6-19)21-2-1-12-31-25(21)23(32-26(33)18-9-13-30-14-10-18)11-15-34-24-16-20(28)7-8-22(24)29/h1-8,12,16,18,23,30H,9-11,13-15H2,(H,32,33). The number of hydrogen-bond donors (Lipinski definition) is 2. The first-order valence-corrected chi connectivity index (χ1v) is 11.3. The first-order valence-electron chi connectivity index (χ1n) is 11.3. The number of pyridine rings is 1. The SMILES string of the molecule is O=C(NC(CCOc1cc(F)ccc1F)c1ncccc1-c1ccc(F)cc1)C1CCNCC1. The fourth-order valence-electron chi connectivity index (χ4n) is 4.09. The lowest BCUT2D eigenvalue weighted by Gasteiger charge is -2.26. The number of halogens is 3. The van der Waals surface area contributed by atoms with Gasteiger partial charge in [-0.2, -0.15) is 0 Å². The minimum Gasteiger partial charge on any atom is -0.490 e. The van der Waals surface area contributed by atoms with E-state index in [2.05, 4.69) is 15.6 Å². The smallest absolute Gasteiger partial charge is 0.223 e. The highest BCUT2D eigenvalue weighted by Gasteiger charge is 2.26. The number of ether oxygens (including phenoxy) is 1. The maximum atomic E-state index is 14.0. The summed E-state index contributed by atoms with van der Waals surface area (Å²) < 4.78 is 46.5. The number of benzene rings is 2. The van der Waals surface area contributed by atoms with Crippen molar-refractivity contribution in [3.05, 3.63) is 83.9 Å². The van der Waals surface area contributed by atoms with Gasteiger partial charge in [0.05, 0.1) is 18.3 Å². The van der Waals surface area contributed by atoms with Crippen LogP contribution in [0.15, 0.2) is 60.8 Å². The van der Waals surface area contributed by atoms with Crippen molar-refractivity contribution in [3.63, 3.8) is 0 Å². The Morgan fingerprint density at radius 2 is 1.79 bits per heavy atom. The van der Waals surface area contributed by atoms with E-state index in [-0.39, 0.29) is 36.4 Å². The first kappa shape index (κ1) is 23.8. The van der Waals surface area contributed by atoms with E-state index in [4.69, 9.17) is 4.74 Å². The van der Waals surface area contributed by atoms with E-state index < -0.39 is 17.7 Å². The van der Waals surface area contributed by atoms with Gasteiger partial charge >= 0.3 is 0 Å². The van der Waals surface area contributed by atoms with Crippen molar-refractivity contribution < 1.29 is 22.7 Å². The van der Waals surface area contributed by atoms with Crippen LogP contribution in [0.25, 0.3) is 11.1 Å². The second-order valence-corrected chi connectivity index (χ2v) is 8.24. The summed E-state index contributed by atoms with van der Waals surface area (Å²) in [6.45, 7) is 1.57. The van der Waals surface area contributed by atoms with Gasteiger partial charge in [0.1, 0.15) is 11.6 Å². The normalized spacial score (nSPS) is 15.0. The van der Waals surface area contributed by atoms with Crippen LogP contribution in [0.1, 0.15) is 31.0 Å². The second kappa shape index (κ2) is 11.2. The third kappa shape index (κ3) is 5.94. The van der Waals surface area contributed by atoms with Crippen LogP contribution in [0.3, 0.4) is 0 Å². The molecule has 1 atom stereocenters. The van der Waals surface area contributed by atoms with Crippen molar-refractivity contribution in [1.82, 2.24) is 15.6 Å². The van der Waals surface area contributed by atoms with E-state index >= 15 is 0 Å². The van der Waals surface area contributed by atoms with Crippen molar-refractivity contribution >= 4 is 5.91 Å². The number of carbonyl (C=O) groups is 1. The fraction of sp³-hybridized carbons (Fsp3) is 0.308.